The van der Waals surface area contributed by atoms with E-state index in [1.165, 1.54) is 0 Å². The summed E-state index contributed by atoms with van der Waals surface area (Å²) in [6.45, 7) is 1.97. The van der Waals surface area contributed by atoms with E-state index in [9.17, 15) is 0 Å². The van der Waals surface area contributed by atoms with Crippen LogP contribution < -0.4 is 11.5 Å². The summed E-state index contributed by atoms with van der Waals surface area (Å²) in [6, 6.07) is 3.63. The first-order valence-corrected chi connectivity index (χ1v) is 4.40. The molecule has 0 unspecified atom stereocenters. The first-order valence-electron chi connectivity index (χ1n) is 4.40. The molecule has 5 N–H and O–H groups in total. The molecule has 0 spiro atoms. The lowest BCUT2D eigenvalue weighted by atomic mass is 10.1. The first kappa shape index (κ1) is 10.4. The number of aliphatic hydroxyl groups excluding tert-OH is 1. The maximum Gasteiger partial charge on any atom is 0.0578 e. The predicted molar refractivity (Wildman–Crippen MR) is 58.6 cm³/mol. The molecular formula is C11H14N2O. The standard InChI is InChI=1S/C11H14N2O/c1-8-6-9(4-2-3-5-14)7-10(12)11(8)13/h6-7,14H,3,5,12-13H2,1H3. The summed E-state index contributed by atoms with van der Waals surface area (Å²) in [7, 11) is 0. The van der Waals surface area contributed by atoms with Crippen LogP contribution in [0.1, 0.15) is 17.5 Å². The van der Waals surface area contributed by atoms with Crippen molar-refractivity contribution in [2.24, 2.45) is 0 Å². The third-order valence-electron chi connectivity index (χ3n) is 1.89. The van der Waals surface area contributed by atoms with E-state index < -0.39 is 0 Å². The van der Waals surface area contributed by atoms with E-state index >= 15 is 0 Å². The number of anilines is 2. The van der Waals surface area contributed by atoms with Crippen molar-refractivity contribution in [2.45, 2.75) is 13.3 Å². The van der Waals surface area contributed by atoms with E-state index in [-0.39, 0.29) is 6.61 Å². The summed E-state index contributed by atoms with van der Waals surface area (Å²) < 4.78 is 0. The van der Waals surface area contributed by atoms with Gasteiger partial charge in [0, 0.05) is 12.0 Å². The third-order valence-corrected chi connectivity index (χ3v) is 1.89. The second-order valence-electron chi connectivity index (χ2n) is 3.07. The van der Waals surface area contributed by atoms with Crippen LogP contribution in [0, 0.1) is 18.8 Å². The van der Waals surface area contributed by atoms with Gasteiger partial charge in [0.05, 0.1) is 18.0 Å². The lowest BCUT2D eigenvalue weighted by Gasteiger charge is -2.04. The van der Waals surface area contributed by atoms with Gasteiger partial charge in [0.25, 0.3) is 0 Å². The molecule has 3 nitrogen and oxygen atoms in total. The SMILES string of the molecule is Cc1cc(C#CCCO)cc(N)c1N. The van der Waals surface area contributed by atoms with Crippen molar-refractivity contribution < 1.29 is 5.11 Å². The molecule has 1 aromatic rings. The Morgan fingerprint density at radius 1 is 1.36 bits per heavy atom. The molecule has 0 bridgehead atoms. The summed E-state index contributed by atoms with van der Waals surface area (Å²) in [5.41, 5.74) is 14.3. The molecule has 0 atom stereocenters. The molecule has 14 heavy (non-hydrogen) atoms. The molecule has 0 aromatic heterocycles. The van der Waals surface area contributed by atoms with Crippen LogP contribution in [0.4, 0.5) is 11.4 Å². The largest absolute Gasteiger partial charge is 0.397 e. The van der Waals surface area contributed by atoms with Gasteiger partial charge < -0.3 is 16.6 Å². The molecule has 0 aliphatic rings. The van der Waals surface area contributed by atoms with Gasteiger partial charge >= 0.3 is 0 Å². The number of rotatable bonds is 1. The van der Waals surface area contributed by atoms with Crippen LogP contribution in [0.3, 0.4) is 0 Å². The average Bonchev–Trinajstić information content (AvgIpc) is 2.14. The molecule has 1 rings (SSSR count). The summed E-state index contributed by atoms with van der Waals surface area (Å²) >= 11 is 0. The smallest absolute Gasteiger partial charge is 0.0578 e. The maximum absolute atomic E-state index is 8.55. The highest BCUT2D eigenvalue weighted by atomic mass is 16.2. The van der Waals surface area contributed by atoms with Crippen LogP contribution in [-0.2, 0) is 0 Å². The molecule has 1 aromatic carbocycles. The molecule has 0 radical (unpaired) electrons. The summed E-state index contributed by atoms with van der Waals surface area (Å²) in [5, 5.41) is 8.55. The number of nitrogen functional groups attached to an aromatic ring is 2. The van der Waals surface area contributed by atoms with Crippen molar-refractivity contribution in [1.82, 2.24) is 0 Å². The Morgan fingerprint density at radius 3 is 2.64 bits per heavy atom. The van der Waals surface area contributed by atoms with Crippen molar-refractivity contribution >= 4 is 11.4 Å². The number of aryl methyl sites for hydroxylation is 1. The van der Waals surface area contributed by atoms with Crippen molar-refractivity contribution in [3.05, 3.63) is 23.3 Å². The van der Waals surface area contributed by atoms with Crippen molar-refractivity contribution in [2.75, 3.05) is 18.1 Å². The number of aliphatic hydroxyl groups is 1. The summed E-state index contributed by atoms with van der Waals surface area (Å²) in [6.07, 6.45) is 0.476. The van der Waals surface area contributed by atoms with Gasteiger partial charge in [-0.3, -0.25) is 0 Å². The zero-order chi connectivity index (χ0) is 10.6. The maximum atomic E-state index is 8.55. The van der Waals surface area contributed by atoms with Crippen LogP contribution >= 0.6 is 0 Å². The van der Waals surface area contributed by atoms with Crippen molar-refractivity contribution in [1.29, 1.82) is 0 Å². The lowest BCUT2D eigenvalue weighted by molar-refractivity contribution is 0.305. The Bertz CT molecular complexity index is 365. The zero-order valence-corrected chi connectivity index (χ0v) is 8.17. The highest BCUT2D eigenvalue weighted by molar-refractivity contribution is 5.69. The Labute approximate surface area is 83.7 Å². The van der Waals surface area contributed by atoms with Gasteiger partial charge in [0.2, 0.25) is 0 Å². The lowest BCUT2D eigenvalue weighted by Crippen LogP contribution is -1.97. The molecule has 74 valence electrons. The number of hydrogen-bond acceptors (Lipinski definition) is 3. The van der Waals surface area contributed by atoms with E-state index in [0.29, 0.717) is 17.8 Å². The second-order valence-corrected chi connectivity index (χ2v) is 3.07. The number of nitrogens with two attached hydrogens (primary N) is 2. The van der Waals surface area contributed by atoms with E-state index in [1.807, 2.05) is 13.0 Å². The fourth-order valence-electron chi connectivity index (χ4n) is 1.12. The van der Waals surface area contributed by atoms with Gasteiger partial charge in [0.15, 0.2) is 0 Å². The van der Waals surface area contributed by atoms with Gasteiger partial charge in [-0.2, -0.15) is 0 Å². The summed E-state index contributed by atoms with van der Waals surface area (Å²) in [5.74, 6) is 5.74. The highest BCUT2D eigenvalue weighted by Crippen LogP contribution is 2.20. The van der Waals surface area contributed by atoms with E-state index in [1.54, 1.807) is 6.07 Å². The van der Waals surface area contributed by atoms with Crippen LogP contribution in [0.5, 0.6) is 0 Å². The topological polar surface area (TPSA) is 72.3 Å². The van der Waals surface area contributed by atoms with Crippen molar-refractivity contribution in [3.8, 4) is 11.8 Å². The average molecular weight is 190 g/mol. The van der Waals surface area contributed by atoms with Crippen LogP contribution in [0.25, 0.3) is 0 Å². The minimum atomic E-state index is 0.0798. The Hall–Kier alpha value is -1.66. The molecule has 3 heteroatoms. The Kier molecular flexibility index (Phi) is 3.38. The van der Waals surface area contributed by atoms with Crippen molar-refractivity contribution in [3.63, 3.8) is 0 Å². The van der Waals surface area contributed by atoms with Crippen LogP contribution in [0.15, 0.2) is 12.1 Å². The molecule has 0 amide bonds. The predicted octanol–water partition coefficient (Wildman–Crippen LogP) is 0.893. The van der Waals surface area contributed by atoms with Crippen LogP contribution in [0.2, 0.25) is 0 Å². The fourth-order valence-corrected chi connectivity index (χ4v) is 1.12. The molecule has 0 aliphatic heterocycles. The van der Waals surface area contributed by atoms with Gasteiger partial charge in [0.1, 0.15) is 0 Å². The molecule has 0 saturated carbocycles. The summed E-state index contributed by atoms with van der Waals surface area (Å²) in [4.78, 5) is 0. The normalized spacial score (nSPS) is 9.29. The third kappa shape index (κ3) is 2.41. The molecule has 0 fully saturated rings. The van der Waals surface area contributed by atoms with Crippen LogP contribution in [-0.4, -0.2) is 11.7 Å². The van der Waals surface area contributed by atoms with E-state index in [4.69, 9.17) is 16.6 Å². The quantitative estimate of drug-likeness (QED) is 0.455. The second kappa shape index (κ2) is 4.54. The minimum absolute atomic E-state index is 0.0798. The number of benzene rings is 1. The monoisotopic (exact) mass is 190 g/mol. The first-order chi connectivity index (χ1) is 6.65. The zero-order valence-electron chi connectivity index (χ0n) is 8.17. The van der Waals surface area contributed by atoms with Gasteiger partial charge in [-0.25, -0.2) is 0 Å². The minimum Gasteiger partial charge on any atom is -0.397 e. The van der Waals surface area contributed by atoms with E-state index in [2.05, 4.69) is 11.8 Å². The number of hydrogen-bond donors (Lipinski definition) is 3. The van der Waals surface area contributed by atoms with Gasteiger partial charge in [-0.15, -0.1) is 0 Å². The molecule has 0 saturated heterocycles. The highest BCUT2D eigenvalue weighted by Gasteiger charge is 1.99. The molecular weight excluding hydrogens is 176 g/mol. The Morgan fingerprint density at radius 2 is 2.07 bits per heavy atom. The molecule has 0 aliphatic carbocycles. The van der Waals surface area contributed by atoms with Gasteiger partial charge in [-0.05, 0) is 24.6 Å². The molecule has 0 heterocycles. The van der Waals surface area contributed by atoms with E-state index in [0.717, 1.165) is 11.1 Å². The fraction of sp³-hybridized carbons (Fsp3) is 0.273. The van der Waals surface area contributed by atoms with Gasteiger partial charge in [-0.1, -0.05) is 11.8 Å². The Balaban J connectivity index is 2.97.